The van der Waals surface area contributed by atoms with E-state index < -0.39 is 67.4 Å². The Balaban J connectivity index is 2.59. The molecule has 1 aliphatic rings. The minimum Gasteiger partial charge on any atom is -0.454 e. The van der Waals surface area contributed by atoms with Gasteiger partial charge in [0.05, 0.1) is 25.4 Å². The first kappa shape index (κ1) is 80.6. The molecule has 0 spiro atoms. The Labute approximate surface area is 526 Å². The molecule has 8 unspecified atom stereocenters. The molecule has 0 saturated carbocycles. The summed E-state index contributed by atoms with van der Waals surface area (Å²) in [5.41, 5.74) is 0. The molecule has 0 aromatic rings. The summed E-state index contributed by atoms with van der Waals surface area (Å²) in [7, 11) is 0. The molecule has 1 heterocycles. The Morgan fingerprint density at radius 2 is 0.802 bits per heavy atom. The average molecular weight is 1210 g/mol. The summed E-state index contributed by atoms with van der Waals surface area (Å²) in [6.07, 6.45) is 72.9. The summed E-state index contributed by atoms with van der Waals surface area (Å²) in [5.74, 6) is -1.21. The number of amides is 1. The summed E-state index contributed by atoms with van der Waals surface area (Å²) in [5, 5.41) is 57.2. The molecule has 1 aliphatic heterocycles. The third-order valence-electron chi connectivity index (χ3n) is 16.2. The van der Waals surface area contributed by atoms with Crippen LogP contribution in [-0.2, 0) is 23.8 Å². The summed E-state index contributed by atoms with van der Waals surface area (Å²) < 4.78 is 17.7. The number of hydrogen-bond donors (Lipinski definition) is 6. The highest BCUT2D eigenvalue weighted by molar-refractivity contribution is 5.80. The third-order valence-corrected chi connectivity index (χ3v) is 16.2. The lowest BCUT2D eigenvalue weighted by atomic mass is 9.99. The number of aliphatic hydroxyl groups is 5. The molecule has 1 rings (SSSR count). The van der Waals surface area contributed by atoms with E-state index in [0.717, 1.165) is 96.3 Å². The van der Waals surface area contributed by atoms with Crippen LogP contribution in [0.1, 0.15) is 303 Å². The maximum Gasteiger partial charge on any atom is 0.306 e. The molecule has 6 N–H and O–H groups in total. The molecule has 11 nitrogen and oxygen atoms in total. The van der Waals surface area contributed by atoms with Crippen molar-refractivity contribution in [3.05, 3.63) is 97.2 Å². The number of carbonyl (C=O) groups excluding carboxylic acids is 2. The average Bonchev–Trinajstić information content (AvgIpc) is 3.30. The summed E-state index contributed by atoms with van der Waals surface area (Å²) in [6, 6.07) is -1.04. The number of aliphatic hydroxyl groups excluding tert-OH is 5. The molecule has 0 aliphatic carbocycles. The highest BCUT2D eigenvalue weighted by atomic mass is 16.7. The molecule has 0 aromatic heterocycles. The fourth-order valence-corrected chi connectivity index (χ4v) is 10.6. The van der Waals surface area contributed by atoms with Crippen LogP contribution in [0, 0.1) is 0 Å². The Bertz CT molecular complexity index is 1770. The monoisotopic (exact) mass is 1210 g/mol. The van der Waals surface area contributed by atoms with Crippen LogP contribution in [0.2, 0.25) is 0 Å². The second-order valence-corrected chi connectivity index (χ2v) is 24.3. The standard InChI is InChI=1S/C75H131NO10/c1-4-7-10-13-16-19-22-25-27-29-31-33-34-35-36-37-39-41-43-45-48-51-54-57-60-63-70(80)86-73-72(82)71(81)69(64-77)85-75(73)84-65-66(67(78)61-58-55-52-49-46-24-21-18-15-12-9-6-3)76-74(83)68(79)62-59-56-53-50-47-44-42-40-38-32-30-28-26-23-20-17-14-11-8-5-2/h16-17,19-20,25-28,31-33,38,42,44,58,61,66-69,71-73,75,77-79,81-82H,4-15,18,21-24,29-30,34-37,39-41,43,45-57,59-60,62-65H2,1-3H3,(H,76,83)/b19-16-,20-17-,27-25-,28-26-,33-31-,38-32-,44-42-,61-58+. The van der Waals surface area contributed by atoms with Crippen LogP contribution in [0.3, 0.4) is 0 Å². The smallest absolute Gasteiger partial charge is 0.306 e. The van der Waals surface area contributed by atoms with E-state index in [1.807, 2.05) is 6.08 Å². The fourth-order valence-electron chi connectivity index (χ4n) is 10.6. The lowest BCUT2D eigenvalue weighted by Gasteiger charge is -2.41. The summed E-state index contributed by atoms with van der Waals surface area (Å²) in [4.78, 5) is 26.7. The largest absolute Gasteiger partial charge is 0.454 e. The molecule has 496 valence electrons. The number of nitrogens with one attached hydrogen (secondary N) is 1. The number of esters is 1. The maximum absolute atomic E-state index is 13.5. The van der Waals surface area contributed by atoms with Crippen LogP contribution < -0.4 is 5.32 Å². The van der Waals surface area contributed by atoms with Crippen molar-refractivity contribution in [3.8, 4) is 0 Å². The van der Waals surface area contributed by atoms with Crippen molar-refractivity contribution in [2.24, 2.45) is 0 Å². The molecule has 1 saturated heterocycles. The van der Waals surface area contributed by atoms with Crippen molar-refractivity contribution in [2.45, 2.75) is 352 Å². The molecule has 0 bridgehead atoms. The molecule has 1 fully saturated rings. The second-order valence-electron chi connectivity index (χ2n) is 24.3. The minimum absolute atomic E-state index is 0.115. The zero-order valence-electron chi connectivity index (χ0n) is 55.2. The van der Waals surface area contributed by atoms with Gasteiger partial charge in [0.1, 0.15) is 24.4 Å². The number of unbranched alkanes of at least 4 members (excludes halogenated alkanes) is 32. The van der Waals surface area contributed by atoms with E-state index in [4.69, 9.17) is 14.2 Å². The van der Waals surface area contributed by atoms with E-state index in [0.29, 0.717) is 12.8 Å². The summed E-state index contributed by atoms with van der Waals surface area (Å²) in [6.45, 7) is 5.74. The van der Waals surface area contributed by atoms with Gasteiger partial charge in [-0.3, -0.25) is 9.59 Å². The predicted octanol–water partition coefficient (Wildman–Crippen LogP) is 18.2. The number of rotatable bonds is 60. The normalized spacial score (nSPS) is 18.9. The zero-order chi connectivity index (χ0) is 62.4. The molecular weight excluding hydrogens is 1070 g/mol. The predicted molar refractivity (Wildman–Crippen MR) is 361 cm³/mol. The van der Waals surface area contributed by atoms with Gasteiger partial charge in [-0.15, -0.1) is 0 Å². The van der Waals surface area contributed by atoms with Crippen molar-refractivity contribution in [1.82, 2.24) is 5.32 Å². The van der Waals surface area contributed by atoms with Crippen LogP contribution in [-0.4, -0.2) is 99.6 Å². The second kappa shape index (κ2) is 61.8. The van der Waals surface area contributed by atoms with Crippen molar-refractivity contribution >= 4 is 11.9 Å². The van der Waals surface area contributed by atoms with Gasteiger partial charge in [0.2, 0.25) is 5.91 Å². The maximum atomic E-state index is 13.5. The number of carbonyl (C=O) groups is 2. The van der Waals surface area contributed by atoms with Crippen molar-refractivity contribution in [2.75, 3.05) is 13.2 Å². The van der Waals surface area contributed by atoms with Crippen LogP contribution in [0.5, 0.6) is 0 Å². The molecule has 86 heavy (non-hydrogen) atoms. The third kappa shape index (κ3) is 48.5. The lowest BCUT2D eigenvalue weighted by molar-refractivity contribution is -0.305. The van der Waals surface area contributed by atoms with E-state index in [9.17, 15) is 35.1 Å². The van der Waals surface area contributed by atoms with Gasteiger partial charge in [-0.1, -0.05) is 285 Å². The first-order valence-corrected chi connectivity index (χ1v) is 35.5. The van der Waals surface area contributed by atoms with Crippen molar-refractivity contribution in [1.29, 1.82) is 0 Å². The number of hydrogen-bond acceptors (Lipinski definition) is 10. The van der Waals surface area contributed by atoms with Gasteiger partial charge in [-0.05, 0) is 109 Å². The SMILES string of the molecule is CCCCC/C=C\C/C=C\C/C=C\C/C=C\CCCCCCC(O)C(=O)NC(COC1OC(CO)C(O)C(O)C1OC(=O)CCCCCCCCCCCCCC/C=C\C/C=C\C/C=C\CCCCC)C(O)/C=C/CCCCCCCCCCCC. The van der Waals surface area contributed by atoms with Gasteiger partial charge >= 0.3 is 5.97 Å². The molecule has 8 atom stereocenters. The Morgan fingerprint density at radius 1 is 0.453 bits per heavy atom. The van der Waals surface area contributed by atoms with Gasteiger partial charge in [0.25, 0.3) is 0 Å². The molecule has 1 amide bonds. The van der Waals surface area contributed by atoms with E-state index in [1.54, 1.807) is 6.08 Å². The van der Waals surface area contributed by atoms with Crippen LogP contribution >= 0.6 is 0 Å². The highest BCUT2D eigenvalue weighted by Crippen LogP contribution is 2.26. The van der Waals surface area contributed by atoms with Gasteiger partial charge in [-0.2, -0.15) is 0 Å². The van der Waals surface area contributed by atoms with Crippen molar-refractivity contribution in [3.63, 3.8) is 0 Å². The Kier molecular flexibility index (Phi) is 57.9. The molecule has 0 radical (unpaired) electrons. The number of ether oxygens (including phenoxy) is 3. The van der Waals surface area contributed by atoms with Gasteiger partial charge in [0.15, 0.2) is 12.4 Å². The Morgan fingerprint density at radius 3 is 1.22 bits per heavy atom. The lowest BCUT2D eigenvalue weighted by Crippen LogP contribution is -2.61. The fraction of sp³-hybridized carbons (Fsp3) is 0.760. The molecule has 11 heteroatoms. The quantitative estimate of drug-likeness (QED) is 0.0195. The van der Waals surface area contributed by atoms with Gasteiger partial charge < -0.3 is 45.1 Å². The summed E-state index contributed by atoms with van der Waals surface area (Å²) >= 11 is 0. The van der Waals surface area contributed by atoms with E-state index >= 15 is 0 Å². The van der Waals surface area contributed by atoms with Crippen LogP contribution in [0.15, 0.2) is 97.2 Å². The topological polar surface area (TPSA) is 175 Å². The first-order chi connectivity index (χ1) is 42.2. The molecule has 0 aromatic carbocycles. The highest BCUT2D eigenvalue weighted by Gasteiger charge is 2.47. The van der Waals surface area contributed by atoms with Crippen molar-refractivity contribution < 1.29 is 49.3 Å². The van der Waals surface area contributed by atoms with Gasteiger partial charge in [-0.25, -0.2) is 0 Å². The van der Waals surface area contributed by atoms with Gasteiger partial charge in [0, 0.05) is 6.42 Å². The van der Waals surface area contributed by atoms with Crippen LogP contribution in [0.25, 0.3) is 0 Å². The number of allylic oxidation sites excluding steroid dienone is 15. The minimum atomic E-state index is -1.62. The van der Waals surface area contributed by atoms with E-state index in [2.05, 4.69) is 111 Å². The van der Waals surface area contributed by atoms with Crippen LogP contribution in [0.4, 0.5) is 0 Å². The van der Waals surface area contributed by atoms with E-state index in [1.165, 1.54) is 161 Å². The zero-order valence-corrected chi connectivity index (χ0v) is 55.2. The molecular formula is C75H131NO10. The first-order valence-electron chi connectivity index (χ1n) is 35.5. The van der Waals surface area contributed by atoms with E-state index in [-0.39, 0.29) is 19.4 Å². The Hall–Kier alpha value is -3.42.